The lowest BCUT2D eigenvalue weighted by Crippen LogP contribution is -2.25. The van der Waals surface area contributed by atoms with E-state index in [1.807, 2.05) is 13.8 Å². The van der Waals surface area contributed by atoms with Crippen LogP contribution in [0.25, 0.3) is 0 Å². The van der Waals surface area contributed by atoms with Crippen molar-refractivity contribution < 1.29 is 5.11 Å². The van der Waals surface area contributed by atoms with Gasteiger partial charge in [0.05, 0.1) is 12.4 Å². The molecule has 0 aliphatic carbocycles. The molecule has 0 aromatic carbocycles. The van der Waals surface area contributed by atoms with Crippen molar-refractivity contribution in [2.45, 2.75) is 27.2 Å². The van der Waals surface area contributed by atoms with E-state index in [9.17, 15) is 0 Å². The summed E-state index contributed by atoms with van der Waals surface area (Å²) in [4.78, 5) is 4.07. The minimum Gasteiger partial charge on any atom is -0.396 e. The number of hydrogen-bond acceptors (Lipinski definition) is 2. The molecule has 1 unspecified atom stereocenters. The quantitative estimate of drug-likeness (QED) is 0.469. The van der Waals surface area contributed by atoms with Crippen LogP contribution in [0.2, 0.25) is 0 Å². The van der Waals surface area contributed by atoms with E-state index in [4.69, 9.17) is 10.8 Å². The monoisotopic (exact) mass is 158 g/mol. The molecule has 3 N–H and O–H groups in total. The van der Waals surface area contributed by atoms with E-state index in [1.54, 1.807) is 6.92 Å². The Balaban J connectivity index is 3.98. The van der Waals surface area contributed by atoms with Crippen LogP contribution in [0.15, 0.2) is 4.99 Å². The van der Waals surface area contributed by atoms with Crippen molar-refractivity contribution >= 4 is 5.84 Å². The first kappa shape index (κ1) is 10.4. The molecule has 0 heterocycles. The number of hydrogen-bond donors (Lipinski definition) is 2. The average molecular weight is 158 g/mol. The van der Waals surface area contributed by atoms with Gasteiger partial charge in [0.1, 0.15) is 0 Å². The fourth-order valence-electron chi connectivity index (χ4n) is 0.589. The van der Waals surface area contributed by atoms with Crippen molar-refractivity contribution in [3.63, 3.8) is 0 Å². The first-order chi connectivity index (χ1) is 5.04. The van der Waals surface area contributed by atoms with Gasteiger partial charge in [-0.2, -0.15) is 0 Å². The van der Waals surface area contributed by atoms with Crippen molar-refractivity contribution in [2.75, 3.05) is 13.2 Å². The third-order valence-electron chi connectivity index (χ3n) is 1.95. The van der Waals surface area contributed by atoms with Gasteiger partial charge in [-0.3, -0.25) is 4.99 Å². The smallest absolute Gasteiger partial charge is 0.0905 e. The van der Waals surface area contributed by atoms with Gasteiger partial charge < -0.3 is 10.8 Å². The van der Waals surface area contributed by atoms with Crippen molar-refractivity contribution in [3.05, 3.63) is 0 Å². The van der Waals surface area contributed by atoms with Gasteiger partial charge in [0.15, 0.2) is 0 Å². The predicted molar refractivity (Wildman–Crippen MR) is 47.6 cm³/mol. The predicted octanol–water partition coefficient (Wildman–Crippen LogP) is 0.772. The van der Waals surface area contributed by atoms with Gasteiger partial charge in [-0.05, 0) is 13.3 Å². The first-order valence-corrected chi connectivity index (χ1v) is 3.91. The second-order valence-electron chi connectivity index (χ2n) is 3.28. The number of nitrogens with zero attached hydrogens (tertiary/aromatic N) is 1. The Labute approximate surface area is 68.3 Å². The number of aliphatic imine (C=N–C) groups is 1. The molecule has 3 nitrogen and oxygen atoms in total. The molecule has 0 radical (unpaired) electrons. The van der Waals surface area contributed by atoms with Crippen LogP contribution in [-0.2, 0) is 0 Å². The van der Waals surface area contributed by atoms with Gasteiger partial charge in [0.2, 0.25) is 0 Å². The molecule has 66 valence electrons. The lowest BCUT2D eigenvalue weighted by Gasteiger charge is -2.22. The Morgan fingerprint density at radius 3 is 2.45 bits per heavy atom. The van der Waals surface area contributed by atoms with Gasteiger partial charge in [0.25, 0.3) is 0 Å². The Morgan fingerprint density at radius 2 is 2.18 bits per heavy atom. The summed E-state index contributed by atoms with van der Waals surface area (Å²) in [6.45, 7) is 6.58. The molecular formula is C8H18N2O. The second-order valence-corrected chi connectivity index (χ2v) is 3.28. The molecule has 0 aromatic heterocycles. The maximum Gasteiger partial charge on any atom is 0.0905 e. The normalized spacial score (nSPS) is 18.0. The zero-order valence-electron chi connectivity index (χ0n) is 7.59. The highest BCUT2D eigenvalue weighted by molar-refractivity contribution is 5.77. The molecule has 0 fully saturated rings. The maximum atomic E-state index is 8.99. The van der Waals surface area contributed by atoms with E-state index in [-0.39, 0.29) is 12.0 Å². The van der Waals surface area contributed by atoms with Gasteiger partial charge in [-0.25, -0.2) is 0 Å². The third-order valence-corrected chi connectivity index (χ3v) is 1.95. The van der Waals surface area contributed by atoms with E-state index in [1.165, 1.54) is 0 Å². The van der Waals surface area contributed by atoms with Crippen LogP contribution in [0.1, 0.15) is 27.2 Å². The molecular weight excluding hydrogens is 140 g/mol. The summed E-state index contributed by atoms with van der Waals surface area (Å²) in [6.07, 6.45) is 0.917. The molecule has 0 bridgehead atoms. The summed E-state index contributed by atoms with van der Waals surface area (Å²) in [7, 11) is 0. The Kier molecular flexibility index (Phi) is 4.11. The van der Waals surface area contributed by atoms with Gasteiger partial charge in [-0.15, -0.1) is 0 Å². The summed E-state index contributed by atoms with van der Waals surface area (Å²) in [6, 6.07) is 0. The summed E-state index contributed by atoms with van der Waals surface area (Å²) in [5.74, 6) is 0.582. The molecule has 0 rings (SSSR count). The van der Waals surface area contributed by atoms with Gasteiger partial charge in [-0.1, -0.05) is 13.8 Å². The summed E-state index contributed by atoms with van der Waals surface area (Å²) in [5.41, 5.74) is 5.28. The largest absolute Gasteiger partial charge is 0.396 e. The highest BCUT2D eigenvalue weighted by Gasteiger charge is 2.19. The van der Waals surface area contributed by atoms with Crippen molar-refractivity contribution in [1.29, 1.82) is 0 Å². The van der Waals surface area contributed by atoms with Crippen molar-refractivity contribution in [2.24, 2.45) is 16.1 Å². The topological polar surface area (TPSA) is 58.6 Å². The minimum atomic E-state index is -0.0966. The van der Waals surface area contributed by atoms with Crippen molar-refractivity contribution in [1.82, 2.24) is 0 Å². The SMILES string of the molecule is CCC(C)(CO)CN=C(C)N. The number of rotatable bonds is 4. The van der Waals surface area contributed by atoms with Crippen LogP contribution in [0, 0.1) is 5.41 Å². The summed E-state index contributed by atoms with van der Waals surface area (Å²) < 4.78 is 0. The maximum absolute atomic E-state index is 8.99. The highest BCUT2D eigenvalue weighted by Crippen LogP contribution is 2.19. The summed E-state index contributed by atoms with van der Waals surface area (Å²) in [5, 5.41) is 8.99. The van der Waals surface area contributed by atoms with E-state index in [2.05, 4.69) is 4.99 Å². The molecule has 1 atom stereocenters. The van der Waals surface area contributed by atoms with E-state index >= 15 is 0 Å². The fraction of sp³-hybridized carbons (Fsp3) is 0.875. The molecule has 0 aliphatic heterocycles. The highest BCUT2D eigenvalue weighted by atomic mass is 16.3. The second kappa shape index (κ2) is 4.34. The standard InChI is InChI=1S/C8H18N2O/c1-4-8(3,6-11)5-10-7(2)9/h11H,4-6H2,1-3H3,(H2,9,10). The van der Waals surface area contributed by atoms with Crippen LogP contribution in [0.5, 0.6) is 0 Å². The van der Waals surface area contributed by atoms with Crippen LogP contribution in [-0.4, -0.2) is 24.1 Å². The average Bonchev–Trinajstić information content (AvgIpc) is 2.00. The van der Waals surface area contributed by atoms with Crippen LogP contribution < -0.4 is 5.73 Å². The first-order valence-electron chi connectivity index (χ1n) is 3.91. The fourth-order valence-corrected chi connectivity index (χ4v) is 0.589. The zero-order valence-corrected chi connectivity index (χ0v) is 7.59. The minimum absolute atomic E-state index is 0.0966. The van der Waals surface area contributed by atoms with Crippen LogP contribution in [0.3, 0.4) is 0 Å². The molecule has 11 heavy (non-hydrogen) atoms. The van der Waals surface area contributed by atoms with E-state index < -0.39 is 0 Å². The molecule has 0 saturated heterocycles. The van der Waals surface area contributed by atoms with Gasteiger partial charge in [0, 0.05) is 12.0 Å². The zero-order chi connectivity index (χ0) is 8.91. The molecule has 3 heteroatoms. The molecule has 0 spiro atoms. The lowest BCUT2D eigenvalue weighted by molar-refractivity contribution is 0.146. The number of aliphatic hydroxyl groups excluding tert-OH is 1. The molecule has 0 amide bonds. The van der Waals surface area contributed by atoms with Crippen molar-refractivity contribution in [3.8, 4) is 0 Å². The van der Waals surface area contributed by atoms with E-state index in [0.717, 1.165) is 6.42 Å². The molecule has 0 aromatic rings. The van der Waals surface area contributed by atoms with Crippen LogP contribution in [0.4, 0.5) is 0 Å². The summed E-state index contributed by atoms with van der Waals surface area (Å²) >= 11 is 0. The van der Waals surface area contributed by atoms with Crippen LogP contribution >= 0.6 is 0 Å². The number of aliphatic hydroxyl groups is 1. The van der Waals surface area contributed by atoms with E-state index in [0.29, 0.717) is 12.4 Å². The lowest BCUT2D eigenvalue weighted by atomic mass is 9.89. The Morgan fingerprint density at radius 1 is 1.64 bits per heavy atom. The number of amidine groups is 1. The van der Waals surface area contributed by atoms with Gasteiger partial charge >= 0.3 is 0 Å². The number of nitrogens with two attached hydrogens (primary N) is 1. The molecule has 0 aliphatic rings. The Bertz CT molecular complexity index is 135. The molecule has 0 saturated carbocycles. The third kappa shape index (κ3) is 3.98. The Hall–Kier alpha value is -0.570.